The van der Waals surface area contributed by atoms with Crippen molar-refractivity contribution in [3.05, 3.63) is 29.3 Å². The van der Waals surface area contributed by atoms with Gasteiger partial charge in [-0.05, 0) is 67.4 Å². The first-order valence-electron chi connectivity index (χ1n) is 8.69. The molecule has 0 bridgehead atoms. The molecule has 1 fully saturated rings. The highest BCUT2D eigenvalue weighted by Gasteiger charge is 2.31. The van der Waals surface area contributed by atoms with Crippen molar-refractivity contribution in [1.29, 1.82) is 0 Å². The van der Waals surface area contributed by atoms with Crippen molar-refractivity contribution in [2.75, 3.05) is 0 Å². The molecule has 1 aliphatic carbocycles. The van der Waals surface area contributed by atoms with Crippen molar-refractivity contribution in [3.63, 3.8) is 0 Å². The molecule has 1 aromatic heterocycles. The Hall–Kier alpha value is -0.920. The van der Waals surface area contributed by atoms with E-state index in [0.29, 0.717) is 5.92 Å². The highest BCUT2D eigenvalue weighted by atomic mass is 19.1. The average Bonchev–Trinajstić information content (AvgIpc) is 2.47. The van der Waals surface area contributed by atoms with Crippen molar-refractivity contribution in [2.45, 2.75) is 72.1 Å². The maximum atomic E-state index is 14.2. The molecule has 0 saturated heterocycles. The molecule has 21 heavy (non-hydrogen) atoms. The predicted molar refractivity (Wildman–Crippen MR) is 86.9 cm³/mol. The van der Waals surface area contributed by atoms with E-state index in [1.807, 2.05) is 6.07 Å². The molecular formula is C19H30FN. The molecule has 1 saturated carbocycles. The Morgan fingerprint density at radius 3 is 2.62 bits per heavy atom. The van der Waals surface area contributed by atoms with Gasteiger partial charge in [-0.3, -0.25) is 4.98 Å². The van der Waals surface area contributed by atoms with E-state index < -0.39 is 0 Å². The lowest BCUT2D eigenvalue weighted by molar-refractivity contribution is 0.179. The molecule has 1 nitrogen and oxygen atoms in total. The maximum absolute atomic E-state index is 14.2. The maximum Gasteiger partial charge on any atom is 0.144 e. The first-order valence-corrected chi connectivity index (χ1v) is 8.69. The van der Waals surface area contributed by atoms with Gasteiger partial charge in [0.15, 0.2) is 0 Å². The molecule has 2 rings (SSSR count). The van der Waals surface area contributed by atoms with Crippen LogP contribution >= 0.6 is 0 Å². The summed E-state index contributed by atoms with van der Waals surface area (Å²) in [5.41, 5.74) is 1.94. The largest absolute Gasteiger partial charge is 0.258 e. The fraction of sp³-hybridized carbons (Fsp3) is 0.737. The Balaban J connectivity index is 2.17. The Kier molecular flexibility index (Phi) is 5.78. The summed E-state index contributed by atoms with van der Waals surface area (Å²) < 4.78 is 14.2. The number of pyridine rings is 1. The van der Waals surface area contributed by atoms with Crippen LogP contribution in [0.15, 0.2) is 12.3 Å². The van der Waals surface area contributed by atoms with Gasteiger partial charge >= 0.3 is 0 Å². The third kappa shape index (κ3) is 4.05. The van der Waals surface area contributed by atoms with E-state index in [1.165, 1.54) is 25.5 Å². The molecule has 1 aromatic rings. The Labute approximate surface area is 129 Å². The van der Waals surface area contributed by atoms with E-state index in [4.69, 9.17) is 0 Å². The topological polar surface area (TPSA) is 12.9 Å². The summed E-state index contributed by atoms with van der Waals surface area (Å²) in [6, 6.07) is 2.01. The minimum absolute atomic E-state index is 0.101. The number of halogens is 1. The van der Waals surface area contributed by atoms with E-state index in [-0.39, 0.29) is 5.82 Å². The molecule has 0 radical (unpaired) electrons. The first-order chi connectivity index (χ1) is 10.0. The third-order valence-corrected chi connectivity index (χ3v) is 5.18. The summed E-state index contributed by atoms with van der Waals surface area (Å²) in [5.74, 6) is 2.61. The molecule has 0 aromatic carbocycles. The molecule has 0 spiro atoms. The van der Waals surface area contributed by atoms with Gasteiger partial charge in [0, 0.05) is 5.69 Å². The van der Waals surface area contributed by atoms with Gasteiger partial charge in [0.05, 0.1) is 6.20 Å². The van der Waals surface area contributed by atoms with Gasteiger partial charge in [0.1, 0.15) is 5.82 Å². The first kappa shape index (κ1) is 16.5. The molecule has 2 heteroatoms. The highest BCUT2D eigenvalue weighted by Crippen LogP contribution is 2.44. The normalized spacial score (nSPS) is 26.3. The van der Waals surface area contributed by atoms with Crippen LogP contribution in [0.1, 0.15) is 77.0 Å². The molecule has 1 aliphatic rings. The summed E-state index contributed by atoms with van der Waals surface area (Å²) in [7, 11) is 0. The van der Waals surface area contributed by atoms with Gasteiger partial charge in [-0.1, -0.05) is 34.1 Å². The lowest BCUT2D eigenvalue weighted by atomic mass is 9.68. The smallest absolute Gasteiger partial charge is 0.144 e. The zero-order valence-corrected chi connectivity index (χ0v) is 14.0. The van der Waals surface area contributed by atoms with Crippen molar-refractivity contribution >= 4 is 0 Å². The molecular weight excluding hydrogens is 261 g/mol. The summed E-state index contributed by atoms with van der Waals surface area (Å²) >= 11 is 0. The van der Waals surface area contributed by atoms with E-state index in [2.05, 4.69) is 32.7 Å². The monoisotopic (exact) mass is 291 g/mol. The van der Waals surface area contributed by atoms with E-state index in [1.54, 1.807) is 0 Å². The number of aromatic nitrogens is 1. The van der Waals surface area contributed by atoms with Crippen LogP contribution in [0, 0.1) is 23.6 Å². The van der Waals surface area contributed by atoms with E-state index in [0.717, 1.165) is 48.3 Å². The molecule has 0 N–H and O–H groups in total. The Morgan fingerprint density at radius 1 is 1.24 bits per heavy atom. The van der Waals surface area contributed by atoms with Crippen LogP contribution in [0.3, 0.4) is 0 Å². The van der Waals surface area contributed by atoms with Crippen molar-refractivity contribution in [1.82, 2.24) is 4.98 Å². The highest BCUT2D eigenvalue weighted by molar-refractivity contribution is 5.23. The predicted octanol–water partition coefficient (Wildman–Crippen LogP) is 5.74. The lowest BCUT2D eigenvalue weighted by Crippen LogP contribution is -2.25. The second-order valence-electron chi connectivity index (χ2n) is 7.12. The van der Waals surface area contributed by atoms with Gasteiger partial charge in [-0.15, -0.1) is 0 Å². The average molecular weight is 291 g/mol. The van der Waals surface area contributed by atoms with Crippen LogP contribution in [-0.4, -0.2) is 4.98 Å². The molecule has 1 heterocycles. The molecule has 118 valence electrons. The van der Waals surface area contributed by atoms with Gasteiger partial charge in [0.25, 0.3) is 0 Å². The fourth-order valence-electron chi connectivity index (χ4n) is 4.05. The number of rotatable bonds is 5. The Morgan fingerprint density at radius 2 is 2.00 bits per heavy atom. The molecule has 0 aliphatic heterocycles. The van der Waals surface area contributed by atoms with E-state index in [9.17, 15) is 4.39 Å². The number of nitrogens with zero attached hydrogens (tertiary/aromatic N) is 1. The quantitative estimate of drug-likeness (QED) is 0.674. The molecule has 3 unspecified atom stereocenters. The summed E-state index contributed by atoms with van der Waals surface area (Å²) in [6.45, 7) is 9.00. The fourth-order valence-corrected chi connectivity index (χ4v) is 4.05. The Bertz CT molecular complexity index is 455. The second-order valence-corrected chi connectivity index (χ2v) is 7.12. The van der Waals surface area contributed by atoms with Crippen LogP contribution in [0.4, 0.5) is 4.39 Å². The van der Waals surface area contributed by atoms with Crippen LogP contribution in [0.25, 0.3) is 0 Å². The van der Waals surface area contributed by atoms with E-state index >= 15 is 0 Å². The molecule has 0 amide bonds. The van der Waals surface area contributed by atoms with Gasteiger partial charge < -0.3 is 0 Å². The molecule has 3 atom stereocenters. The SMILES string of the molecule is CCc1cc(C2CCC(CC)C(CC(C)C)C2)c(F)cn1. The number of hydrogen-bond acceptors (Lipinski definition) is 1. The van der Waals surface area contributed by atoms with Crippen LogP contribution in [-0.2, 0) is 6.42 Å². The summed E-state index contributed by atoms with van der Waals surface area (Å²) in [5, 5.41) is 0. The van der Waals surface area contributed by atoms with Gasteiger partial charge in [-0.25, -0.2) is 4.39 Å². The van der Waals surface area contributed by atoms with Crippen LogP contribution < -0.4 is 0 Å². The third-order valence-electron chi connectivity index (χ3n) is 5.18. The lowest BCUT2D eigenvalue weighted by Gasteiger charge is -2.37. The van der Waals surface area contributed by atoms with Crippen LogP contribution in [0.5, 0.6) is 0 Å². The van der Waals surface area contributed by atoms with Crippen molar-refractivity contribution in [2.24, 2.45) is 17.8 Å². The summed E-state index contributed by atoms with van der Waals surface area (Å²) in [4.78, 5) is 4.18. The standard InChI is InChI=1S/C19H30FN/c1-5-14-7-8-15(10-16(14)9-13(3)4)18-11-17(6-2)21-12-19(18)20/h11-16H,5-10H2,1-4H3. The number of aryl methyl sites for hydroxylation is 1. The second kappa shape index (κ2) is 7.38. The van der Waals surface area contributed by atoms with Crippen LogP contribution in [0.2, 0.25) is 0 Å². The van der Waals surface area contributed by atoms with Crippen molar-refractivity contribution in [3.8, 4) is 0 Å². The zero-order chi connectivity index (χ0) is 15.4. The van der Waals surface area contributed by atoms with Crippen molar-refractivity contribution < 1.29 is 4.39 Å². The van der Waals surface area contributed by atoms with Gasteiger partial charge in [0.2, 0.25) is 0 Å². The minimum atomic E-state index is -0.101. The summed E-state index contributed by atoms with van der Waals surface area (Å²) in [6.07, 6.45) is 8.40. The number of hydrogen-bond donors (Lipinski definition) is 0. The minimum Gasteiger partial charge on any atom is -0.258 e. The van der Waals surface area contributed by atoms with Gasteiger partial charge in [-0.2, -0.15) is 0 Å². The zero-order valence-electron chi connectivity index (χ0n) is 14.0.